The molecule has 1 aliphatic heterocycles. The standard InChI is InChI=1S/C20H34N4/c1-16(2)19-9-7-17(8-10-19)6-5-12-22-20(21-3)23-14-18-11-13-24(4)15-18/h7-10,16,18H,5-6,11-15H2,1-4H3,(H2,21,22,23). The van der Waals surface area contributed by atoms with Gasteiger partial charge < -0.3 is 15.5 Å². The predicted octanol–water partition coefficient (Wildman–Crippen LogP) is 2.86. The van der Waals surface area contributed by atoms with E-state index >= 15 is 0 Å². The first-order valence-corrected chi connectivity index (χ1v) is 9.30. The summed E-state index contributed by atoms with van der Waals surface area (Å²) in [6.45, 7) is 8.85. The van der Waals surface area contributed by atoms with E-state index < -0.39 is 0 Å². The van der Waals surface area contributed by atoms with Crippen LogP contribution >= 0.6 is 0 Å². The summed E-state index contributed by atoms with van der Waals surface area (Å²) in [6, 6.07) is 9.04. The molecule has 1 unspecified atom stereocenters. The van der Waals surface area contributed by atoms with E-state index in [2.05, 4.69) is 65.7 Å². The van der Waals surface area contributed by atoms with Crippen LogP contribution in [0.1, 0.15) is 43.7 Å². The Morgan fingerprint density at radius 1 is 1.25 bits per heavy atom. The largest absolute Gasteiger partial charge is 0.356 e. The summed E-state index contributed by atoms with van der Waals surface area (Å²) in [5.74, 6) is 2.28. The number of nitrogens with one attached hydrogen (secondary N) is 2. The van der Waals surface area contributed by atoms with Crippen LogP contribution in [-0.2, 0) is 6.42 Å². The molecule has 0 bridgehead atoms. The van der Waals surface area contributed by atoms with Gasteiger partial charge in [0.25, 0.3) is 0 Å². The number of aliphatic imine (C=N–C) groups is 1. The van der Waals surface area contributed by atoms with Crippen LogP contribution in [0.2, 0.25) is 0 Å². The van der Waals surface area contributed by atoms with Gasteiger partial charge in [0, 0.05) is 26.7 Å². The maximum Gasteiger partial charge on any atom is 0.190 e. The highest BCUT2D eigenvalue weighted by atomic mass is 15.2. The Kier molecular flexibility index (Phi) is 7.57. The molecule has 4 heteroatoms. The van der Waals surface area contributed by atoms with Crippen LogP contribution in [0.5, 0.6) is 0 Å². The van der Waals surface area contributed by atoms with Crippen molar-refractivity contribution >= 4 is 5.96 Å². The Bertz CT molecular complexity index is 507. The fraction of sp³-hybridized carbons (Fsp3) is 0.650. The summed E-state index contributed by atoms with van der Waals surface area (Å²) in [5, 5.41) is 6.89. The minimum absolute atomic E-state index is 0.606. The first-order chi connectivity index (χ1) is 11.6. The van der Waals surface area contributed by atoms with E-state index in [1.165, 1.54) is 30.6 Å². The Labute approximate surface area is 147 Å². The topological polar surface area (TPSA) is 39.7 Å². The summed E-state index contributed by atoms with van der Waals surface area (Å²) in [5.41, 5.74) is 2.83. The number of rotatable bonds is 7. The monoisotopic (exact) mass is 330 g/mol. The van der Waals surface area contributed by atoms with Gasteiger partial charge in [-0.15, -0.1) is 0 Å². The molecule has 1 saturated heterocycles. The van der Waals surface area contributed by atoms with Crippen LogP contribution in [0.4, 0.5) is 0 Å². The number of guanidine groups is 1. The van der Waals surface area contributed by atoms with Crippen molar-refractivity contribution in [1.82, 2.24) is 15.5 Å². The second-order valence-electron chi connectivity index (χ2n) is 7.30. The second kappa shape index (κ2) is 9.67. The number of hydrogen-bond acceptors (Lipinski definition) is 2. The lowest BCUT2D eigenvalue weighted by Crippen LogP contribution is -2.40. The quantitative estimate of drug-likeness (QED) is 0.459. The zero-order valence-electron chi connectivity index (χ0n) is 15.8. The summed E-state index contributed by atoms with van der Waals surface area (Å²) in [6.07, 6.45) is 3.51. The summed E-state index contributed by atoms with van der Waals surface area (Å²) in [7, 11) is 4.04. The highest BCUT2D eigenvalue weighted by Crippen LogP contribution is 2.15. The van der Waals surface area contributed by atoms with Crippen LogP contribution in [0.15, 0.2) is 29.3 Å². The fourth-order valence-electron chi connectivity index (χ4n) is 3.22. The summed E-state index contributed by atoms with van der Waals surface area (Å²) in [4.78, 5) is 6.72. The lowest BCUT2D eigenvalue weighted by molar-refractivity contribution is 0.394. The van der Waals surface area contributed by atoms with Gasteiger partial charge in [0.2, 0.25) is 0 Å². The minimum atomic E-state index is 0.606. The molecule has 24 heavy (non-hydrogen) atoms. The molecule has 1 fully saturated rings. The average molecular weight is 331 g/mol. The lowest BCUT2D eigenvalue weighted by atomic mass is 10.0. The molecular formula is C20H34N4. The number of nitrogens with zero attached hydrogens (tertiary/aromatic N) is 2. The zero-order valence-corrected chi connectivity index (χ0v) is 15.8. The van der Waals surface area contributed by atoms with E-state index in [-0.39, 0.29) is 0 Å². The van der Waals surface area contributed by atoms with Crippen LogP contribution in [0, 0.1) is 5.92 Å². The Hall–Kier alpha value is -1.55. The molecule has 4 nitrogen and oxygen atoms in total. The number of benzene rings is 1. The SMILES string of the molecule is CN=C(NCCCc1ccc(C(C)C)cc1)NCC1CCN(C)C1. The average Bonchev–Trinajstić information content (AvgIpc) is 3.00. The molecule has 1 atom stereocenters. The third-order valence-electron chi connectivity index (χ3n) is 4.85. The normalized spacial score (nSPS) is 19.0. The van der Waals surface area contributed by atoms with Crippen molar-refractivity contribution in [3.8, 4) is 0 Å². The predicted molar refractivity (Wildman–Crippen MR) is 104 cm³/mol. The van der Waals surface area contributed by atoms with Crippen molar-refractivity contribution in [3.63, 3.8) is 0 Å². The van der Waals surface area contributed by atoms with Crippen LogP contribution in [-0.4, -0.2) is 51.1 Å². The van der Waals surface area contributed by atoms with Crippen molar-refractivity contribution in [3.05, 3.63) is 35.4 Å². The van der Waals surface area contributed by atoms with Gasteiger partial charge in [-0.25, -0.2) is 0 Å². The molecule has 1 aliphatic rings. The molecule has 1 aromatic carbocycles. The van der Waals surface area contributed by atoms with E-state index in [9.17, 15) is 0 Å². The van der Waals surface area contributed by atoms with Crippen molar-refractivity contribution in [2.24, 2.45) is 10.9 Å². The van der Waals surface area contributed by atoms with Gasteiger partial charge in [-0.2, -0.15) is 0 Å². The van der Waals surface area contributed by atoms with Crippen LogP contribution in [0.3, 0.4) is 0 Å². The molecule has 134 valence electrons. The minimum Gasteiger partial charge on any atom is -0.356 e. The third kappa shape index (κ3) is 6.16. The number of aryl methyl sites for hydroxylation is 1. The fourth-order valence-corrected chi connectivity index (χ4v) is 3.22. The van der Waals surface area contributed by atoms with Crippen molar-refractivity contribution in [2.45, 2.75) is 39.0 Å². The van der Waals surface area contributed by atoms with Crippen molar-refractivity contribution in [1.29, 1.82) is 0 Å². The molecule has 2 rings (SSSR count). The molecule has 0 radical (unpaired) electrons. The van der Waals surface area contributed by atoms with E-state index in [0.717, 1.165) is 37.8 Å². The molecule has 0 aliphatic carbocycles. The summed E-state index contributed by atoms with van der Waals surface area (Å²) >= 11 is 0. The van der Waals surface area contributed by atoms with Gasteiger partial charge in [0.1, 0.15) is 0 Å². The van der Waals surface area contributed by atoms with Crippen molar-refractivity contribution in [2.75, 3.05) is 40.3 Å². The second-order valence-corrected chi connectivity index (χ2v) is 7.30. The Morgan fingerprint density at radius 2 is 2.00 bits per heavy atom. The first-order valence-electron chi connectivity index (χ1n) is 9.30. The van der Waals surface area contributed by atoms with Gasteiger partial charge in [0.15, 0.2) is 5.96 Å². The first kappa shape index (κ1) is 18.8. The smallest absolute Gasteiger partial charge is 0.190 e. The number of likely N-dealkylation sites (tertiary alicyclic amines) is 1. The molecule has 1 heterocycles. The maximum absolute atomic E-state index is 4.32. The molecule has 1 aromatic rings. The molecule has 0 amide bonds. The Balaban J connectivity index is 1.63. The highest BCUT2D eigenvalue weighted by molar-refractivity contribution is 5.79. The highest BCUT2D eigenvalue weighted by Gasteiger charge is 2.19. The van der Waals surface area contributed by atoms with Gasteiger partial charge in [0.05, 0.1) is 0 Å². The van der Waals surface area contributed by atoms with Gasteiger partial charge >= 0.3 is 0 Å². The molecule has 0 saturated carbocycles. The summed E-state index contributed by atoms with van der Waals surface area (Å²) < 4.78 is 0. The van der Waals surface area contributed by atoms with E-state index in [1.54, 1.807) is 0 Å². The van der Waals surface area contributed by atoms with Gasteiger partial charge in [-0.05, 0) is 55.8 Å². The lowest BCUT2D eigenvalue weighted by Gasteiger charge is -2.15. The third-order valence-corrected chi connectivity index (χ3v) is 4.85. The number of hydrogen-bond donors (Lipinski definition) is 2. The Morgan fingerprint density at radius 3 is 2.58 bits per heavy atom. The van der Waals surface area contributed by atoms with Gasteiger partial charge in [-0.1, -0.05) is 38.1 Å². The van der Waals surface area contributed by atoms with Crippen molar-refractivity contribution < 1.29 is 0 Å². The van der Waals surface area contributed by atoms with E-state index in [1.807, 2.05) is 7.05 Å². The van der Waals surface area contributed by atoms with Gasteiger partial charge in [-0.3, -0.25) is 4.99 Å². The van der Waals surface area contributed by atoms with Crippen LogP contribution < -0.4 is 10.6 Å². The van der Waals surface area contributed by atoms with E-state index in [0.29, 0.717) is 5.92 Å². The van der Waals surface area contributed by atoms with E-state index in [4.69, 9.17) is 0 Å². The maximum atomic E-state index is 4.32. The van der Waals surface area contributed by atoms with Crippen LogP contribution in [0.25, 0.3) is 0 Å². The molecule has 2 N–H and O–H groups in total. The molecule has 0 spiro atoms. The zero-order chi connectivity index (χ0) is 17.4. The molecular weight excluding hydrogens is 296 g/mol. The molecule has 0 aromatic heterocycles.